The number of aromatic carboxylic acids is 1. The van der Waals surface area contributed by atoms with Crippen molar-refractivity contribution in [1.82, 2.24) is 10.1 Å². The molecule has 1 saturated carbocycles. The Morgan fingerprint density at radius 2 is 1.88 bits per heavy atom. The topological polar surface area (TPSA) is 88.7 Å². The smallest absolute Gasteiger partial charge is 0.417 e. The molecule has 2 aliphatic heterocycles. The minimum Gasteiger partial charge on any atom is -0.478 e. The molecule has 0 amide bonds. The molecule has 2 unspecified atom stereocenters. The minimum atomic E-state index is -4.51. The van der Waals surface area contributed by atoms with E-state index in [1.165, 1.54) is 23.5 Å². The van der Waals surface area contributed by atoms with Crippen molar-refractivity contribution in [3.05, 3.63) is 64.4 Å². The molecule has 7 nitrogen and oxygen atoms in total. The summed E-state index contributed by atoms with van der Waals surface area (Å²) in [6.07, 6.45) is 0.880. The van der Waals surface area contributed by atoms with Crippen LogP contribution in [0.3, 0.4) is 0 Å². The summed E-state index contributed by atoms with van der Waals surface area (Å²) >= 11 is 1.52. The Morgan fingerprint density at radius 3 is 2.56 bits per heavy atom. The highest BCUT2D eigenvalue weighted by Gasteiger charge is 2.43. The fourth-order valence-corrected chi connectivity index (χ4v) is 7.70. The molecular weight excluding hydrogens is 555 g/mol. The maximum absolute atomic E-state index is 13.8. The van der Waals surface area contributed by atoms with Gasteiger partial charge in [0.05, 0.1) is 34.1 Å². The maximum Gasteiger partial charge on any atom is 0.417 e. The average Bonchev–Trinajstić information content (AvgIpc) is 3.44. The molecule has 7 rings (SSSR count). The van der Waals surface area contributed by atoms with Crippen LogP contribution in [0.1, 0.15) is 77.3 Å². The van der Waals surface area contributed by atoms with Gasteiger partial charge in [0, 0.05) is 29.1 Å². The van der Waals surface area contributed by atoms with Crippen molar-refractivity contribution in [2.45, 2.75) is 82.3 Å². The second kappa shape index (κ2) is 9.84. The SMILES string of the molecule is Cc1cc(C(=O)O)cc2sc(N3C4CC[C@H]3CC(OCc3c(-c5ccccc5C(F)(F)F)noc3C3CC3)C4)nc12. The monoisotopic (exact) mass is 583 g/mol. The number of thiazole rings is 1. The number of rotatable bonds is 7. The van der Waals surface area contributed by atoms with Gasteiger partial charge in [-0.25, -0.2) is 9.78 Å². The highest BCUT2D eigenvalue weighted by molar-refractivity contribution is 7.22. The Labute approximate surface area is 237 Å². The fraction of sp³-hybridized carbons (Fsp3) is 0.433. The van der Waals surface area contributed by atoms with Gasteiger partial charge < -0.3 is 19.3 Å². The largest absolute Gasteiger partial charge is 0.478 e. The third-order valence-electron chi connectivity index (χ3n) is 8.55. The molecule has 2 bridgehead atoms. The summed E-state index contributed by atoms with van der Waals surface area (Å²) in [5.74, 6) is -0.135. The Morgan fingerprint density at radius 1 is 1.15 bits per heavy atom. The van der Waals surface area contributed by atoms with E-state index in [1.54, 1.807) is 18.2 Å². The van der Waals surface area contributed by atoms with Gasteiger partial charge in [0.1, 0.15) is 11.5 Å². The van der Waals surface area contributed by atoms with E-state index in [1.807, 2.05) is 6.92 Å². The summed E-state index contributed by atoms with van der Waals surface area (Å²) in [6.45, 7) is 2.04. The molecular formula is C30H28F3N3O4S. The van der Waals surface area contributed by atoms with Gasteiger partial charge in [0.15, 0.2) is 5.13 Å². The Balaban J connectivity index is 1.11. The van der Waals surface area contributed by atoms with Crippen molar-refractivity contribution < 1.29 is 32.3 Å². The predicted octanol–water partition coefficient (Wildman–Crippen LogP) is 7.57. The average molecular weight is 584 g/mol. The van der Waals surface area contributed by atoms with Gasteiger partial charge in [-0.1, -0.05) is 34.7 Å². The van der Waals surface area contributed by atoms with Crippen molar-refractivity contribution in [3.8, 4) is 11.3 Å². The Hall–Kier alpha value is -3.44. The van der Waals surface area contributed by atoms with Gasteiger partial charge in [0.25, 0.3) is 0 Å². The second-order valence-corrected chi connectivity index (χ2v) is 12.3. The maximum atomic E-state index is 13.8. The molecule has 41 heavy (non-hydrogen) atoms. The van der Waals surface area contributed by atoms with Gasteiger partial charge in [-0.2, -0.15) is 13.2 Å². The van der Waals surface area contributed by atoms with Crippen LogP contribution < -0.4 is 4.90 Å². The van der Waals surface area contributed by atoms with Crippen molar-refractivity contribution >= 4 is 32.7 Å². The first-order valence-corrected chi connectivity index (χ1v) is 14.7. The fourth-order valence-electron chi connectivity index (χ4n) is 6.47. The molecule has 2 aromatic heterocycles. The molecule has 0 radical (unpaired) electrons. The number of hydrogen-bond donors (Lipinski definition) is 1. The van der Waals surface area contributed by atoms with E-state index in [0.717, 1.165) is 65.5 Å². The van der Waals surface area contributed by atoms with Crippen LogP contribution in [0, 0.1) is 6.92 Å². The first kappa shape index (κ1) is 26.5. The van der Waals surface area contributed by atoms with E-state index in [2.05, 4.69) is 10.1 Å². The molecule has 1 aliphatic carbocycles. The highest BCUT2D eigenvalue weighted by atomic mass is 32.1. The molecule has 4 aromatic rings. The molecule has 3 fully saturated rings. The molecule has 11 heteroatoms. The number of carboxylic acids is 1. The molecule has 2 saturated heterocycles. The lowest BCUT2D eigenvalue weighted by Crippen LogP contribution is -2.45. The number of nitrogens with zero attached hydrogens (tertiary/aromatic N) is 3. The number of carboxylic acid groups (broad SMARTS) is 1. The van der Waals surface area contributed by atoms with Gasteiger partial charge in [-0.3, -0.25) is 0 Å². The molecule has 2 aromatic carbocycles. The van der Waals surface area contributed by atoms with E-state index in [9.17, 15) is 23.1 Å². The number of halogens is 3. The molecule has 214 valence electrons. The zero-order valence-electron chi connectivity index (χ0n) is 22.3. The number of piperidine rings is 1. The van der Waals surface area contributed by atoms with Gasteiger partial charge in [-0.05, 0) is 69.2 Å². The van der Waals surface area contributed by atoms with E-state index < -0.39 is 17.7 Å². The van der Waals surface area contributed by atoms with Gasteiger partial charge in [0.2, 0.25) is 0 Å². The third-order valence-corrected chi connectivity index (χ3v) is 9.57. The zero-order chi connectivity index (χ0) is 28.5. The Bertz CT molecular complexity index is 1630. The number of alkyl halides is 3. The third kappa shape index (κ3) is 4.78. The molecule has 1 N–H and O–H groups in total. The summed E-state index contributed by atoms with van der Waals surface area (Å²) < 4.78 is 54.3. The summed E-state index contributed by atoms with van der Waals surface area (Å²) in [7, 11) is 0. The first-order valence-electron chi connectivity index (χ1n) is 13.9. The normalized spacial score (nSPS) is 22.5. The molecule has 3 aliphatic rings. The van der Waals surface area contributed by atoms with Crippen molar-refractivity contribution in [1.29, 1.82) is 0 Å². The molecule has 4 heterocycles. The lowest BCUT2D eigenvalue weighted by molar-refractivity contribution is -0.137. The number of benzene rings is 2. The summed E-state index contributed by atoms with van der Waals surface area (Å²) in [5, 5.41) is 14.5. The number of anilines is 1. The highest BCUT2D eigenvalue weighted by Crippen LogP contribution is 2.47. The van der Waals surface area contributed by atoms with Gasteiger partial charge in [-0.15, -0.1) is 0 Å². The van der Waals surface area contributed by atoms with Crippen LogP contribution in [0.4, 0.5) is 18.3 Å². The van der Waals surface area contributed by atoms with E-state index in [4.69, 9.17) is 14.2 Å². The summed E-state index contributed by atoms with van der Waals surface area (Å²) in [5.41, 5.74) is 2.05. The number of carbonyl (C=O) groups is 1. The number of aryl methyl sites for hydroxylation is 1. The molecule has 3 atom stereocenters. The quantitative estimate of drug-likeness (QED) is 0.240. The van der Waals surface area contributed by atoms with E-state index in [-0.39, 0.29) is 47.5 Å². The summed E-state index contributed by atoms with van der Waals surface area (Å²) in [4.78, 5) is 18.8. The van der Waals surface area contributed by atoms with E-state index >= 15 is 0 Å². The van der Waals surface area contributed by atoms with Crippen LogP contribution in [0.15, 0.2) is 40.9 Å². The Kier molecular flexibility index (Phi) is 6.35. The lowest BCUT2D eigenvalue weighted by Gasteiger charge is -2.38. The van der Waals surface area contributed by atoms with Crippen molar-refractivity contribution in [2.75, 3.05) is 4.90 Å². The van der Waals surface area contributed by atoms with Crippen LogP contribution >= 0.6 is 11.3 Å². The molecule has 0 spiro atoms. The lowest BCUT2D eigenvalue weighted by atomic mass is 9.98. The van der Waals surface area contributed by atoms with Crippen LogP contribution in [-0.2, 0) is 17.5 Å². The number of ether oxygens (including phenoxy) is 1. The van der Waals surface area contributed by atoms with Crippen LogP contribution in [-0.4, -0.2) is 39.4 Å². The second-order valence-electron chi connectivity index (χ2n) is 11.3. The zero-order valence-corrected chi connectivity index (χ0v) is 23.1. The number of fused-ring (bicyclic) bond motifs is 3. The van der Waals surface area contributed by atoms with Crippen LogP contribution in [0.5, 0.6) is 0 Å². The van der Waals surface area contributed by atoms with Gasteiger partial charge >= 0.3 is 12.1 Å². The number of aromatic nitrogens is 2. The number of hydrogen-bond acceptors (Lipinski definition) is 7. The standard InChI is InChI=1S/C30H28F3N3O4S/c1-15-10-17(28(37)38)11-24-25(15)34-29(41-24)36-18-8-9-19(36)13-20(12-18)39-14-22-26(35-40-27(22)16-6-7-16)21-4-2-3-5-23(21)30(31,32)33/h2-5,10-11,16,18-20H,6-9,12-14H2,1H3,(H,37,38)/t18-,19?,20?/m0/s1. The minimum absolute atomic E-state index is 0.0151. The predicted molar refractivity (Wildman–Crippen MR) is 147 cm³/mol. The van der Waals surface area contributed by atoms with Crippen molar-refractivity contribution in [3.63, 3.8) is 0 Å². The van der Waals surface area contributed by atoms with E-state index in [0.29, 0.717) is 11.3 Å². The first-order chi connectivity index (χ1) is 19.7. The summed E-state index contributed by atoms with van der Waals surface area (Å²) in [6, 6.07) is 9.29. The van der Waals surface area contributed by atoms with Crippen LogP contribution in [0.2, 0.25) is 0 Å². The van der Waals surface area contributed by atoms with Crippen molar-refractivity contribution in [2.24, 2.45) is 0 Å². The van der Waals surface area contributed by atoms with Crippen LogP contribution in [0.25, 0.3) is 21.5 Å².